The Labute approximate surface area is 154 Å². The smallest absolute Gasteiger partial charge is 0.244 e. The molecule has 9 heteroatoms. The van der Waals surface area contributed by atoms with E-state index < -0.39 is 20.0 Å². The lowest BCUT2D eigenvalue weighted by atomic mass is 10.2. The number of methoxy groups -OCH3 is 1. The van der Waals surface area contributed by atoms with Crippen LogP contribution in [-0.2, 0) is 26.6 Å². The molecular formula is C17H22N2O5S2. The topological polar surface area (TPSA) is 92.8 Å². The molecule has 2 aromatic rings. The molecule has 0 spiro atoms. The van der Waals surface area contributed by atoms with Crippen LogP contribution >= 0.6 is 0 Å². The second-order valence-corrected chi connectivity index (χ2v) is 9.80. The van der Waals surface area contributed by atoms with Crippen molar-refractivity contribution in [1.82, 2.24) is 9.03 Å². The highest BCUT2D eigenvalue weighted by Crippen LogP contribution is 2.24. The lowest BCUT2D eigenvalue weighted by molar-refractivity contribution is 0.402. The number of benzene rings is 2. The molecular weight excluding hydrogens is 376 g/mol. The average Bonchev–Trinajstić information content (AvgIpc) is 2.60. The summed E-state index contributed by atoms with van der Waals surface area (Å²) in [4.78, 5) is 0.210. The van der Waals surface area contributed by atoms with Crippen molar-refractivity contribution >= 4 is 20.0 Å². The summed E-state index contributed by atoms with van der Waals surface area (Å²) in [5.74, 6) is 0.260. The van der Waals surface area contributed by atoms with Gasteiger partial charge >= 0.3 is 0 Å². The molecule has 2 aromatic carbocycles. The largest absolute Gasteiger partial charge is 0.495 e. The zero-order valence-corrected chi connectivity index (χ0v) is 16.7. The third kappa shape index (κ3) is 4.42. The number of hydrogen-bond donors (Lipinski definition) is 1. The summed E-state index contributed by atoms with van der Waals surface area (Å²) < 4.78 is 58.0. The van der Waals surface area contributed by atoms with Crippen molar-refractivity contribution in [2.75, 3.05) is 21.2 Å². The van der Waals surface area contributed by atoms with E-state index in [4.69, 9.17) is 4.74 Å². The Kier molecular flexibility index (Phi) is 6.07. The molecule has 0 aliphatic heterocycles. The molecule has 1 N–H and O–H groups in total. The van der Waals surface area contributed by atoms with Crippen LogP contribution in [0, 0.1) is 6.92 Å². The molecule has 0 aliphatic rings. The van der Waals surface area contributed by atoms with Crippen LogP contribution < -0.4 is 9.46 Å². The molecule has 0 saturated heterocycles. The minimum Gasteiger partial charge on any atom is -0.495 e. The van der Waals surface area contributed by atoms with Crippen molar-refractivity contribution in [3.05, 3.63) is 53.6 Å². The van der Waals surface area contributed by atoms with Gasteiger partial charge in [-0.3, -0.25) is 0 Å². The fourth-order valence-electron chi connectivity index (χ4n) is 2.24. The van der Waals surface area contributed by atoms with Crippen molar-refractivity contribution in [3.63, 3.8) is 0 Å². The molecule has 7 nitrogen and oxygen atoms in total. The van der Waals surface area contributed by atoms with E-state index in [-0.39, 0.29) is 22.1 Å². The van der Waals surface area contributed by atoms with Crippen LogP contribution in [0.4, 0.5) is 0 Å². The molecule has 0 fully saturated rings. The van der Waals surface area contributed by atoms with E-state index in [1.165, 1.54) is 39.4 Å². The zero-order valence-electron chi connectivity index (χ0n) is 15.1. The van der Waals surface area contributed by atoms with Crippen molar-refractivity contribution in [2.45, 2.75) is 23.3 Å². The van der Waals surface area contributed by atoms with E-state index in [0.717, 1.165) is 9.87 Å². The quantitative estimate of drug-likeness (QED) is 0.767. The summed E-state index contributed by atoms with van der Waals surface area (Å²) in [5, 5.41) is 0. The van der Waals surface area contributed by atoms with E-state index in [9.17, 15) is 16.8 Å². The minimum absolute atomic E-state index is 0.0295. The fraction of sp³-hybridized carbons (Fsp3) is 0.294. The second-order valence-electron chi connectivity index (χ2n) is 5.91. The predicted octanol–water partition coefficient (Wildman–Crippen LogP) is 1.73. The van der Waals surface area contributed by atoms with Crippen LogP contribution in [-0.4, -0.2) is 42.3 Å². The van der Waals surface area contributed by atoms with Crippen LogP contribution in [0.15, 0.2) is 52.3 Å². The highest BCUT2D eigenvalue weighted by Gasteiger charge is 2.20. The lowest BCUT2D eigenvalue weighted by Gasteiger charge is -2.13. The van der Waals surface area contributed by atoms with Crippen LogP contribution in [0.3, 0.4) is 0 Å². The number of nitrogens with one attached hydrogen (secondary N) is 1. The van der Waals surface area contributed by atoms with E-state index >= 15 is 0 Å². The first kappa shape index (κ1) is 20.4. The normalized spacial score (nSPS) is 12.3. The monoisotopic (exact) mass is 398 g/mol. The number of ether oxygens (including phenoxy) is 1. The zero-order chi connectivity index (χ0) is 19.5. The molecule has 0 bridgehead atoms. The Morgan fingerprint density at radius 1 is 1.00 bits per heavy atom. The van der Waals surface area contributed by atoms with Gasteiger partial charge in [0.25, 0.3) is 0 Å². The standard InChI is InChI=1S/C17H22N2O5S2/c1-13-5-10-16(24-4)17(11-13)25(20,21)18-12-14-6-8-15(9-7-14)26(22,23)19(2)3/h5-11,18H,12H2,1-4H3. The maximum absolute atomic E-state index is 12.6. The van der Waals surface area contributed by atoms with Gasteiger partial charge in [0.05, 0.1) is 12.0 Å². The Morgan fingerprint density at radius 2 is 1.62 bits per heavy atom. The molecule has 0 unspecified atom stereocenters. The molecule has 2 rings (SSSR count). The van der Waals surface area contributed by atoms with Crippen molar-refractivity contribution < 1.29 is 21.6 Å². The highest BCUT2D eigenvalue weighted by molar-refractivity contribution is 7.89. The minimum atomic E-state index is -3.78. The molecule has 0 amide bonds. The third-order valence-corrected chi connectivity index (χ3v) is 7.03. The maximum atomic E-state index is 12.6. The maximum Gasteiger partial charge on any atom is 0.244 e. The first-order valence-electron chi connectivity index (χ1n) is 7.73. The summed E-state index contributed by atoms with van der Waals surface area (Å²) in [5.41, 5.74) is 1.43. The first-order valence-corrected chi connectivity index (χ1v) is 10.7. The third-order valence-electron chi connectivity index (χ3n) is 3.78. The van der Waals surface area contributed by atoms with Crippen LogP contribution in [0.25, 0.3) is 0 Å². The van der Waals surface area contributed by atoms with Gasteiger partial charge in [-0.25, -0.2) is 25.9 Å². The number of nitrogens with zero attached hydrogens (tertiary/aromatic N) is 1. The van der Waals surface area contributed by atoms with E-state index in [1.807, 2.05) is 0 Å². The van der Waals surface area contributed by atoms with Crippen molar-refractivity contribution in [2.24, 2.45) is 0 Å². The van der Waals surface area contributed by atoms with Crippen molar-refractivity contribution in [3.8, 4) is 5.75 Å². The summed E-state index contributed by atoms with van der Waals surface area (Å²) in [7, 11) is -2.98. The van der Waals surface area contributed by atoms with E-state index in [0.29, 0.717) is 5.56 Å². The van der Waals surface area contributed by atoms with Gasteiger partial charge in [-0.1, -0.05) is 18.2 Å². The van der Waals surface area contributed by atoms with Crippen LogP contribution in [0.2, 0.25) is 0 Å². The van der Waals surface area contributed by atoms with Gasteiger partial charge in [0.15, 0.2) is 0 Å². The van der Waals surface area contributed by atoms with Gasteiger partial charge in [-0.05, 0) is 42.3 Å². The highest BCUT2D eigenvalue weighted by atomic mass is 32.2. The summed E-state index contributed by atoms with van der Waals surface area (Å²) in [6, 6.07) is 11.0. The second kappa shape index (κ2) is 7.75. The van der Waals surface area contributed by atoms with Crippen molar-refractivity contribution in [1.29, 1.82) is 0 Å². The van der Waals surface area contributed by atoms with Gasteiger partial charge in [0.1, 0.15) is 10.6 Å². The molecule has 26 heavy (non-hydrogen) atoms. The van der Waals surface area contributed by atoms with E-state index in [2.05, 4.69) is 4.72 Å². The number of sulfonamides is 2. The van der Waals surface area contributed by atoms with Crippen LogP contribution in [0.1, 0.15) is 11.1 Å². The van der Waals surface area contributed by atoms with Gasteiger partial charge in [0, 0.05) is 20.6 Å². The van der Waals surface area contributed by atoms with E-state index in [1.54, 1.807) is 31.2 Å². The van der Waals surface area contributed by atoms with Gasteiger partial charge in [-0.2, -0.15) is 0 Å². The van der Waals surface area contributed by atoms with Gasteiger partial charge in [0.2, 0.25) is 20.0 Å². The molecule has 0 atom stereocenters. The number of aryl methyl sites for hydroxylation is 1. The Balaban J connectivity index is 2.20. The Hall–Kier alpha value is -1.94. The molecule has 0 aliphatic carbocycles. The predicted molar refractivity (Wildman–Crippen MR) is 99.1 cm³/mol. The molecule has 0 radical (unpaired) electrons. The molecule has 0 aromatic heterocycles. The summed E-state index contributed by atoms with van der Waals surface area (Å²) in [6.07, 6.45) is 0. The average molecular weight is 399 g/mol. The number of hydrogen-bond acceptors (Lipinski definition) is 5. The lowest BCUT2D eigenvalue weighted by Crippen LogP contribution is -2.24. The molecule has 142 valence electrons. The Morgan fingerprint density at radius 3 is 2.15 bits per heavy atom. The first-order chi connectivity index (χ1) is 12.1. The SMILES string of the molecule is COc1ccc(C)cc1S(=O)(=O)NCc1ccc(S(=O)(=O)N(C)C)cc1. The summed E-state index contributed by atoms with van der Waals surface area (Å²) in [6.45, 7) is 1.82. The van der Waals surface area contributed by atoms with Gasteiger partial charge in [-0.15, -0.1) is 0 Å². The van der Waals surface area contributed by atoms with Gasteiger partial charge < -0.3 is 4.74 Å². The number of rotatable bonds is 7. The van der Waals surface area contributed by atoms with Crippen LogP contribution in [0.5, 0.6) is 5.75 Å². The molecule has 0 heterocycles. The molecule has 0 saturated carbocycles. The Bertz CT molecular complexity index is 982. The fourth-order valence-corrected chi connectivity index (χ4v) is 4.41. The summed E-state index contributed by atoms with van der Waals surface area (Å²) >= 11 is 0.